The van der Waals surface area contributed by atoms with Crippen LogP contribution in [0.2, 0.25) is 0 Å². The van der Waals surface area contributed by atoms with Crippen LogP contribution < -0.4 is 5.32 Å². The number of rotatable bonds is 8. The predicted octanol–water partition coefficient (Wildman–Crippen LogP) is 8.39. The summed E-state index contributed by atoms with van der Waals surface area (Å²) in [7, 11) is 0. The summed E-state index contributed by atoms with van der Waals surface area (Å²) in [5.41, 5.74) is 7.76. The Hall–Kier alpha value is -2.39. The molecular weight excluding hydrogens is 392 g/mol. The van der Waals surface area contributed by atoms with Crippen molar-refractivity contribution in [2.75, 3.05) is 5.32 Å². The zero-order valence-corrected chi connectivity index (χ0v) is 21.7. The van der Waals surface area contributed by atoms with Gasteiger partial charge in [0, 0.05) is 22.7 Å². The number of benzene rings is 2. The summed E-state index contributed by atoms with van der Waals surface area (Å²) in [5, 5.41) is 14.3. The topological polar surface area (TPSA) is 44.6 Å². The molecule has 0 saturated carbocycles. The molecule has 0 atom stereocenters. The third kappa shape index (κ3) is 6.32. The number of aliphatic imine (C=N–C) groups is 1. The Labute approximate surface area is 195 Å². The zero-order chi connectivity index (χ0) is 24.2. The lowest BCUT2D eigenvalue weighted by molar-refractivity contribution is 0.0793. The smallest absolute Gasteiger partial charge is 0.0860 e. The minimum absolute atomic E-state index is 0.342. The van der Waals surface area contributed by atoms with Gasteiger partial charge in [-0.05, 0) is 68.2 Å². The number of hydrogen-bond acceptors (Lipinski definition) is 3. The Balaban J connectivity index is 2.50. The van der Waals surface area contributed by atoms with Gasteiger partial charge in [-0.3, -0.25) is 4.99 Å². The van der Waals surface area contributed by atoms with Crippen molar-refractivity contribution >= 4 is 17.1 Å². The van der Waals surface area contributed by atoms with Crippen LogP contribution >= 0.6 is 0 Å². The molecule has 0 heterocycles. The maximum absolute atomic E-state index is 10.7. The second-order valence-corrected chi connectivity index (χ2v) is 10.3. The second-order valence-electron chi connectivity index (χ2n) is 10.3. The first-order chi connectivity index (χ1) is 14.8. The monoisotopic (exact) mass is 434 g/mol. The van der Waals surface area contributed by atoms with Crippen molar-refractivity contribution in [2.45, 2.75) is 92.6 Å². The van der Waals surface area contributed by atoms with Gasteiger partial charge in [-0.2, -0.15) is 0 Å². The molecule has 0 aliphatic carbocycles. The first-order valence-electron chi connectivity index (χ1n) is 11.8. The summed E-state index contributed by atoms with van der Waals surface area (Å²) in [6.45, 7) is 21.0. The molecule has 2 aromatic carbocycles. The van der Waals surface area contributed by atoms with Crippen LogP contribution in [0.3, 0.4) is 0 Å². The summed E-state index contributed by atoms with van der Waals surface area (Å²) < 4.78 is 0. The number of nitrogens with one attached hydrogen (secondary N) is 1. The fraction of sp³-hybridized carbons (Fsp3) is 0.483. The van der Waals surface area contributed by atoms with Gasteiger partial charge in [0.2, 0.25) is 0 Å². The van der Waals surface area contributed by atoms with Crippen molar-refractivity contribution in [2.24, 2.45) is 4.99 Å². The Morgan fingerprint density at radius 2 is 1.31 bits per heavy atom. The molecule has 2 N–H and O–H groups in total. The van der Waals surface area contributed by atoms with Crippen molar-refractivity contribution in [3.63, 3.8) is 0 Å². The van der Waals surface area contributed by atoms with E-state index in [0.717, 1.165) is 28.3 Å². The summed E-state index contributed by atoms with van der Waals surface area (Å²) in [5.74, 6) is 1.17. The summed E-state index contributed by atoms with van der Waals surface area (Å²) in [6.07, 6.45) is 2.09. The number of para-hydroxylation sites is 2. The molecule has 0 saturated heterocycles. The van der Waals surface area contributed by atoms with E-state index in [0.29, 0.717) is 17.8 Å². The van der Waals surface area contributed by atoms with Crippen molar-refractivity contribution in [1.29, 1.82) is 0 Å². The largest absolute Gasteiger partial charge is 0.386 e. The Morgan fingerprint density at radius 3 is 1.78 bits per heavy atom. The van der Waals surface area contributed by atoms with Crippen molar-refractivity contribution < 1.29 is 5.11 Å². The van der Waals surface area contributed by atoms with Crippen LogP contribution in [0.25, 0.3) is 0 Å². The van der Waals surface area contributed by atoms with Crippen LogP contribution in [0.5, 0.6) is 0 Å². The maximum atomic E-state index is 10.7. The minimum Gasteiger partial charge on any atom is -0.386 e. The average Bonchev–Trinajstić information content (AvgIpc) is 2.66. The zero-order valence-electron chi connectivity index (χ0n) is 21.7. The van der Waals surface area contributed by atoms with Crippen LogP contribution in [0.15, 0.2) is 53.2 Å². The van der Waals surface area contributed by atoms with E-state index in [4.69, 9.17) is 4.99 Å². The lowest BCUT2D eigenvalue weighted by Crippen LogP contribution is -2.19. The first kappa shape index (κ1) is 25.9. The third-order valence-electron chi connectivity index (χ3n) is 5.76. The van der Waals surface area contributed by atoms with E-state index in [-0.39, 0.29) is 0 Å². The molecule has 2 rings (SSSR count). The molecule has 0 aliphatic heterocycles. The normalized spacial score (nSPS) is 13.4. The van der Waals surface area contributed by atoms with Gasteiger partial charge < -0.3 is 10.4 Å². The number of anilines is 1. The van der Waals surface area contributed by atoms with Crippen molar-refractivity contribution in [3.05, 3.63) is 70.4 Å². The van der Waals surface area contributed by atoms with E-state index in [9.17, 15) is 5.11 Å². The van der Waals surface area contributed by atoms with Crippen molar-refractivity contribution in [1.82, 2.24) is 0 Å². The standard InChI is InChI=1S/C29H42N2O/c1-18(2)23-13-11-14-24(19(3)4)27(23)30-21(7)17-22(8)31-28-25(20(5)6)15-12-16-26(28)29(9,10)32/h11-20,31-32H,1-10H3. The molecule has 0 aliphatic rings. The van der Waals surface area contributed by atoms with E-state index in [1.165, 1.54) is 16.7 Å². The third-order valence-corrected chi connectivity index (χ3v) is 5.76. The van der Waals surface area contributed by atoms with E-state index >= 15 is 0 Å². The van der Waals surface area contributed by atoms with E-state index < -0.39 is 5.60 Å². The SMILES string of the molecule is CC(=CC(C)=Nc1c(C(C)C)cccc1C(C)C)Nc1c(C(C)C)cccc1C(C)(C)O. The van der Waals surface area contributed by atoms with E-state index in [2.05, 4.69) is 91.0 Å². The van der Waals surface area contributed by atoms with Crippen LogP contribution in [0.1, 0.15) is 109 Å². The highest BCUT2D eigenvalue weighted by Crippen LogP contribution is 2.36. The summed E-state index contributed by atoms with van der Waals surface area (Å²) >= 11 is 0. The number of allylic oxidation sites excluding steroid dienone is 2. The lowest BCUT2D eigenvalue weighted by atomic mass is 9.90. The van der Waals surface area contributed by atoms with Gasteiger partial charge in [0.05, 0.1) is 11.3 Å². The first-order valence-corrected chi connectivity index (χ1v) is 11.8. The summed E-state index contributed by atoms with van der Waals surface area (Å²) in [4.78, 5) is 5.06. The van der Waals surface area contributed by atoms with Gasteiger partial charge in [-0.1, -0.05) is 77.9 Å². The Morgan fingerprint density at radius 1 is 0.844 bits per heavy atom. The fourth-order valence-electron chi connectivity index (χ4n) is 4.10. The van der Waals surface area contributed by atoms with Crippen molar-refractivity contribution in [3.8, 4) is 0 Å². The van der Waals surface area contributed by atoms with Crippen LogP contribution in [-0.2, 0) is 5.60 Å². The highest BCUT2D eigenvalue weighted by atomic mass is 16.3. The maximum Gasteiger partial charge on any atom is 0.0860 e. The Kier molecular flexibility index (Phi) is 8.47. The molecule has 0 spiro atoms. The van der Waals surface area contributed by atoms with Crippen LogP contribution in [0.4, 0.5) is 11.4 Å². The van der Waals surface area contributed by atoms with Crippen LogP contribution in [-0.4, -0.2) is 10.8 Å². The Bertz CT molecular complexity index is 962. The molecule has 0 bridgehead atoms. The number of nitrogens with zero attached hydrogens (tertiary/aromatic N) is 1. The molecule has 0 unspecified atom stereocenters. The van der Waals surface area contributed by atoms with Gasteiger partial charge in [-0.25, -0.2) is 0 Å². The molecule has 3 heteroatoms. The van der Waals surface area contributed by atoms with Crippen LogP contribution in [0, 0.1) is 0 Å². The molecule has 0 aromatic heterocycles. The quantitative estimate of drug-likeness (QED) is 0.410. The molecule has 32 heavy (non-hydrogen) atoms. The minimum atomic E-state index is -0.932. The number of aliphatic hydroxyl groups is 1. The fourth-order valence-corrected chi connectivity index (χ4v) is 4.10. The van der Waals surface area contributed by atoms with Gasteiger partial charge in [0.25, 0.3) is 0 Å². The highest BCUT2D eigenvalue weighted by molar-refractivity contribution is 5.96. The lowest BCUT2D eigenvalue weighted by Gasteiger charge is -2.26. The summed E-state index contributed by atoms with van der Waals surface area (Å²) in [6, 6.07) is 12.7. The molecule has 0 radical (unpaired) electrons. The van der Waals surface area contributed by atoms with Gasteiger partial charge >= 0.3 is 0 Å². The molecule has 2 aromatic rings. The second kappa shape index (κ2) is 10.5. The highest BCUT2D eigenvalue weighted by Gasteiger charge is 2.23. The molecule has 0 fully saturated rings. The predicted molar refractivity (Wildman–Crippen MR) is 141 cm³/mol. The van der Waals surface area contributed by atoms with Gasteiger partial charge in [-0.15, -0.1) is 0 Å². The number of hydrogen-bond donors (Lipinski definition) is 2. The van der Waals surface area contributed by atoms with E-state index in [1.54, 1.807) is 0 Å². The average molecular weight is 435 g/mol. The molecular formula is C29H42N2O. The molecule has 174 valence electrons. The molecule has 3 nitrogen and oxygen atoms in total. The van der Waals surface area contributed by atoms with Gasteiger partial charge in [0.15, 0.2) is 0 Å². The van der Waals surface area contributed by atoms with Gasteiger partial charge in [0.1, 0.15) is 0 Å². The molecule has 0 amide bonds. The van der Waals surface area contributed by atoms with E-state index in [1.807, 2.05) is 26.0 Å².